The van der Waals surface area contributed by atoms with Crippen LogP contribution in [0.1, 0.15) is 31.4 Å². The number of nitrogens with one attached hydrogen (secondary N) is 1. The number of aromatic hydroxyl groups is 1. The Kier molecular flexibility index (Phi) is 3.46. The Morgan fingerprint density at radius 3 is 3.05 bits per heavy atom. The van der Waals surface area contributed by atoms with Gasteiger partial charge in [0.25, 0.3) is 0 Å². The summed E-state index contributed by atoms with van der Waals surface area (Å²) in [7, 11) is 0. The van der Waals surface area contributed by atoms with Crippen molar-refractivity contribution in [3.05, 3.63) is 29.6 Å². The summed E-state index contributed by atoms with van der Waals surface area (Å²) in [5, 5.41) is 12.8. The molecule has 4 heteroatoms. The van der Waals surface area contributed by atoms with Gasteiger partial charge in [-0.3, -0.25) is 4.90 Å². The number of likely N-dealkylation sites (tertiary alicyclic amines) is 1. The molecule has 0 saturated carbocycles. The van der Waals surface area contributed by atoms with Crippen molar-refractivity contribution in [2.45, 2.75) is 31.8 Å². The Labute approximate surface area is 113 Å². The number of piperidine rings is 1. The van der Waals surface area contributed by atoms with Crippen molar-refractivity contribution in [1.82, 2.24) is 10.2 Å². The number of fused-ring (bicyclic) bond motifs is 1. The smallest absolute Gasteiger partial charge is 0.131 e. The normalized spacial score (nSPS) is 29.2. The van der Waals surface area contributed by atoms with Crippen molar-refractivity contribution in [3.63, 3.8) is 0 Å². The van der Waals surface area contributed by atoms with Crippen LogP contribution >= 0.6 is 0 Å². The molecule has 3 nitrogen and oxygen atoms in total. The monoisotopic (exact) mass is 264 g/mol. The molecule has 1 aromatic rings. The third-order valence-corrected chi connectivity index (χ3v) is 4.65. The van der Waals surface area contributed by atoms with Gasteiger partial charge in [-0.1, -0.05) is 6.07 Å². The summed E-state index contributed by atoms with van der Waals surface area (Å²) in [5.74, 6) is 0.393. The van der Waals surface area contributed by atoms with Gasteiger partial charge in [-0.2, -0.15) is 0 Å². The molecule has 0 spiro atoms. The highest BCUT2D eigenvalue weighted by molar-refractivity contribution is 5.29. The van der Waals surface area contributed by atoms with E-state index in [4.69, 9.17) is 0 Å². The van der Waals surface area contributed by atoms with E-state index in [0.717, 1.165) is 19.6 Å². The number of nitrogens with zero attached hydrogens (tertiary/aromatic N) is 1. The Morgan fingerprint density at radius 2 is 2.26 bits per heavy atom. The zero-order valence-corrected chi connectivity index (χ0v) is 11.3. The van der Waals surface area contributed by atoms with E-state index in [1.807, 2.05) is 0 Å². The molecule has 2 aliphatic heterocycles. The average Bonchev–Trinajstić information content (AvgIpc) is 2.86. The predicted octanol–water partition coefficient (Wildman–Crippen LogP) is 2.28. The lowest BCUT2D eigenvalue weighted by molar-refractivity contribution is 0.0831. The van der Waals surface area contributed by atoms with E-state index < -0.39 is 0 Å². The lowest BCUT2D eigenvalue weighted by Crippen LogP contribution is -2.46. The molecule has 0 bridgehead atoms. The minimum atomic E-state index is -0.305. The van der Waals surface area contributed by atoms with Crippen LogP contribution in [0, 0.1) is 11.7 Å². The summed E-state index contributed by atoms with van der Waals surface area (Å²) < 4.78 is 14.0. The first-order chi connectivity index (χ1) is 9.16. The molecule has 0 radical (unpaired) electrons. The minimum Gasteiger partial charge on any atom is -0.508 e. The van der Waals surface area contributed by atoms with Crippen LogP contribution in [0.5, 0.6) is 5.75 Å². The summed E-state index contributed by atoms with van der Waals surface area (Å²) in [4.78, 5) is 2.42. The second kappa shape index (κ2) is 5.10. The van der Waals surface area contributed by atoms with E-state index in [1.54, 1.807) is 12.1 Å². The zero-order chi connectivity index (χ0) is 13.4. The lowest BCUT2D eigenvalue weighted by atomic mass is 9.89. The number of phenols is 1. The molecule has 2 saturated heterocycles. The van der Waals surface area contributed by atoms with E-state index in [9.17, 15) is 9.50 Å². The van der Waals surface area contributed by atoms with E-state index in [-0.39, 0.29) is 17.6 Å². The SMILES string of the molecule is CC(c1ccc(O)cc1F)N1CCCC2CNCC21. The number of benzene rings is 1. The summed E-state index contributed by atoms with van der Waals surface area (Å²) in [5.41, 5.74) is 0.686. The Morgan fingerprint density at radius 1 is 1.42 bits per heavy atom. The first kappa shape index (κ1) is 12.9. The highest BCUT2D eigenvalue weighted by Gasteiger charge is 2.37. The van der Waals surface area contributed by atoms with Crippen molar-refractivity contribution in [3.8, 4) is 5.75 Å². The van der Waals surface area contributed by atoms with E-state index in [2.05, 4.69) is 17.1 Å². The van der Waals surface area contributed by atoms with Gasteiger partial charge in [-0.25, -0.2) is 4.39 Å². The zero-order valence-electron chi connectivity index (χ0n) is 11.3. The second-order valence-electron chi connectivity index (χ2n) is 5.75. The van der Waals surface area contributed by atoms with Crippen LogP contribution in [0.25, 0.3) is 0 Å². The molecule has 1 aromatic carbocycles. The fraction of sp³-hybridized carbons (Fsp3) is 0.600. The molecule has 2 heterocycles. The van der Waals surface area contributed by atoms with Gasteiger partial charge >= 0.3 is 0 Å². The lowest BCUT2D eigenvalue weighted by Gasteiger charge is -2.41. The maximum Gasteiger partial charge on any atom is 0.131 e. The van der Waals surface area contributed by atoms with Gasteiger partial charge in [0.1, 0.15) is 11.6 Å². The molecule has 2 fully saturated rings. The number of rotatable bonds is 2. The molecular weight excluding hydrogens is 243 g/mol. The molecule has 3 rings (SSSR count). The summed E-state index contributed by atoms with van der Waals surface area (Å²) in [6.45, 7) is 5.20. The first-order valence-electron chi connectivity index (χ1n) is 7.11. The van der Waals surface area contributed by atoms with Crippen molar-refractivity contribution in [2.75, 3.05) is 19.6 Å². The fourth-order valence-electron chi connectivity index (χ4n) is 3.62. The Hall–Kier alpha value is -1.13. The maximum absolute atomic E-state index is 14.0. The van der Waals surface area contributed by atoms with Gasteiger partial charge in [0, 0.05) is 30.3 Å². The largest absolute Gasteiger partial charge is 0.508 e. The van der Waals surface area contributed by atoms with Gasteiger partial charge < -0.3 is 10.4 Å². The number of halogens is 1. The van der Waals surface area contributed by atoms with E-state index >= 15 is 0 Å². The molecule has 0 amide bonds. The van der Waals surface area contributed by atoms with Crippen LogP contribution in [0.15, 0.2) is 18.2 Å². The molecular formula is C15H21FN2O. The highest BCUT2D eigenvalue weighted by Crippen LogP contribution is 2.34. The Bertz CT molecular complexity index is 465. The molecule has 0 aromatic heterocycles. The van der Waals surface area contributed by atoms with E-state index in [1.165, 1.54) is 18.9 Å². The van der Waals surface area contributed by atoms with Crippen LogP contribution in [-0.2, 0) is 0 Å². The van der Waals surface area contributed by atoms with Crippen molar-refractivity contribution >= 4 is 0 Å². The first-order valence-corrected chi connectivity index (χ1v) is 7.11. The van der Waals surface area contributed by atoms with Gasteiger partial charge in [-0.15, -0.1) is 0 Å². The van der Waals surface area contributed by atoms with Crippen LogP contribution in [0.4, 0.5) is 4.39 Å². The molecule has 19 heavy (non-hydrogen) atoms. The van der Waals surface area contributed by atoms with Crippen molar-refractivity contribution in [2.24, 2.45) is 5.92 Å². The fourth-order valence-corrected chi connectivity index (χ4v) is 3.62. The summed E-state index contributed by atoms with van der Waals surface area (Å²) in [6, 6.07) is 5.08. The van der Waals surface area contributed by atoms with E-state index in [0.29, 0.717) is 17.5 Å². The van der Waals surface area contributed by atoms with Gasteiger partial charge in [0.05, 0.1) is 0 Å². The number of hydrogen-bond donors (Lipinski definition) is 2. The second-order valence-corrected chi connectivity index (χ2v) is 5.75. The van der Waals surface area contributed by atoms with Gasteiger partial charge in [-0.05, 0) is 44.8 Å². The predicted molar refractivity (Wildman–Crippen MR) is 72.6 cm³/mol. The Balaban J connectivity index is 1.84. The van der Waals surface area contributed by atoms with Crippen molar-refractivity contribution < 1.29 is 9.50 Å². The molecule has 3 unspecified atom stereocenters. The summed E-state index contributed by atoms with van der Waals surface area (Å²) in [6.07, 6.45) is 2.46. The van der Waals surface area contributed by atoms with Gasteiger partial charge in [0.15, 0.2) is 0 Å². The highest BCUT2D eigenvalue weighted by atomic mass is 19.1. The molecule has 2 aliphatic rings. The van der Waals surface area contributed by atoms with Crippen LogP contribution in [0.2, 0.25) is 0 Å². The van der Waals surface area contributed by atoms with Gasteiger partial charge in [0.2, 0.25) is 0 Å². The molecule has 0 aliphatic carbocycles. The molecule has 104 valence electrons. The maximum atomic E-state index is 14.0. The minimum absolute atomic E-state index is 0.00694. The molecule has 3 atom stereocenters. The number of hydrogen-bond acceptors (Lipinski definition) is 3. The standard InChI is InChI=1S/C15H21FN2O/c1-10(13-5-4-12(19)7-14(13)16)18-6-2-3-11-8-17-9-15(11)18/h4-5,7,10-11,15,17,19H,2-3,6,8-9H2,1H3. The van der Waals surface area contributed by atoms with Crippen LogP contribution in [-0.4, -0.2) is 35.7 Å². The summed E-state index contributed by atoms with van der Waals surface area (Å²) >= 11 is 0. The topological polar surface area (TPSA) is 35.5 Å². The third-order valence-electron chi connectivity index (χ3n) is 4.65. The van der Waals surface area contributed by atoms with Crippen LogP contribution < -0.4 is 5.32 Å². The third kappa shape index (κ3) is 2.35. The molecule has 2 N–H and O–H groups in total. The number of phenolic OH excluding ortho intramolecular Hbond substituents is 1. The van der Waals surface area contributed by atoms with Crippen LogP contribution in [0.3, 0.4) is 0 Å². The average molecular weight is 264 g/mol. The quantitative estimate of drug-likeness (QED) is 0.860. The van der Waals surface area contributed by atoms with Crippen molar-refractivity contribution in [1.29, 1.82) is 0 Å².